The van der Waals surface area contributed by atoms with Crippen molar-refractivity contribution in [3.63, 3.8) is 0 Å². The number of halogens is 1. The summed E-state index contributed by atoms with van der Waals surface area (Å²) in [6.45, 7) is 2.63. The molecule has 0 saturated carbocycles. The van der Waals surface area contributed by atoms with Gasteiger partial charge < -0.3 is 9.47 Å². The minimum absolute atomic E-state index is 0.164. The molecule has 0 spiro atoms. The van der Waals surface area contributed by atoms with Gasteiger partial charge in [-0.3, -0.25) is 9.59 Å². The molecule has 0 heterocycles. The Labute approximate surface area is 143 Å². The number of carbonyl (C=O) groups excluding carboxylic acids is 2. The van der Waals surface area contributed by atoms with Crippen molar-refractivity contribution in [3.05, 3.63) is 29.3 Å². The van der Waals surface area contributed by atoms with Crippen molar-refractivity contribution in [2.75, 3.05) is 6.61 Å². The number of carbonyl (C=O) groups is 2. The normalized spacial score (nSPS) is 10.3. The minimum Gasteiger partial charge on any atom is -0.466 e. The van der Waals surface area contributed by atoms with Gasteiger partial charge in [0, 0.05) is 12.8 Å². The van der Waals surface area contributed by atoms with E-state index in [0.717, 1.165) is 12.8 Å². The van der Waals surface area contributed by atoms with E-state index in [-0.39, 0.29) is 18.8 Å². The van der Waals surface area contributed by atoms with Gasteiger partial charge in [-0.05, 0) is 25.0 Å². The average Bonchev–Trinajstić information content (AvgIpc) is 2.53. The van der Waals surface area contributed by atoms with Crippen LogP contribution in [0.25, 0.3) is 0 Å². The first-order valence-corrected chi connectivity index (χ1v) is 8.62. The van der Waals surface area contributed by atoms with Gasteiger partial charge in [0.25, 0.3) is 0 Å². The Bertz CT molecular complexity index is 488. The number of para-hydroxylation sites is 1. The first kappa shape index (κ1) is 19.5. The van der Waals surface area contributed by atoms with Crippen LogP contribution in [-0.2, 0) is 14.3 Å². The molecule has 0 aliphatic heterocycles. The minimum atomic E-state index is -0.398. The number of hydrogen-bond donors (Lipinski definition) is 0. The van der Waals surface area contributed by atoms with Crippen LogP contribution in [0, 0.1) is 0 Å². The van der Waals surface area contributed by atoms with E-state index in [1.807, 2.05) is 0 Å². The molecule has 0 aromatic heterocycles. The molecular weight excluding hydrogens is 316 g/mol. The van der Waals surface area contributed by atoms with Crippen molar-refractivity contribution in [2.45, 2.75) is 58.3 Å². The van der Waals surface area contributed by atoms with Gasteiger partial charge in [-0.25, -0.2) is 0 Å². The molecule has 0 bridgehead atoms. The second kappa shape index (κ2) is 11.9. The van der Waals surface area contributed by atoms with Crippen molar-refractivity contribution >= 4 is 23.5 Å². The Kier molecular flexibility index (Phi) is 10.1. The first-order valence-electron chi connectivity index (χ1n) is 8.24. The van der Waals surface area contributed by atoms with Crippen LogP contribution in [0.3, 0.4) is 0 Å². The van der Waals surface area contributed by atoms with Gasteiger partial charge in [0.15, 0.2) is 0 Å². The number of hydrogen-bond acceptors (Lipinski definition) is 4. The molecule has 1 aromatic rings. The Morgan fingerprint density at radius 2 is 1.65 bits per heavy atom. The number of benzene rings is 1. The lowest BCUT2D eigenvalue weighted by Crippen LogP contribution is -2.10. The summed E-state index contributed by atoms with van der Waals surface area (Å²) in [7, 11) is 0. The molecule has 0 fully saturated rings. The summed E-state index contributed by atoms with van der Waals surface area (Å²) in [4.78, 5) is 23.2. The van der Waals surface area contributed by atoms with Gasteiger partial charge in [-0.15, -0.1) is 0 Å². The van der Waals surface area contributed by atoms with Crippen molar-refractivity contribution in [2.24, 2.45) is 0 Å². The van der Waals surface area contributed by atoms with Crippen molar-refractivity contribution < 1.29 is 19.1 Å². The smallest absolute Gasteiger partial charge is 0.311 e. The quantitative estimate of drug-likeness (QED) is 0.325. The third kappa shape index (κ3) is 9.24. The molecule has 23 heavy (non-hydrogen) atoms. The molecule has 5 heteroatoms. The zero-order valence-electron chi connectivity index (χ0n) is 13.7. The van der Waals surface area contributed by atoms with Crippen molar-refractivity contribution in [3.8, 4) is 5.75 Å². The molecule has 0 aliphatic carbocycles. The van der Waals surface area contributed by atoms with Crippen LogP contribution in [-0.4, -0.2) is 18.5 Å². The fourth-order valence-corrected chi connectivity index (χ4v) is 2.22. The van der Waals surface area contributed by atoms with Crippen molar-refractivity contribution in [1.82, 2.24) is 0 Å². The highest BCUT2D eigenvalue weighted by Crippen LogP contribution is 2.23. The van der Waals surface area contributed by atoms with Crippen LogP contribution in [0.4, 0.5) is 0 Å². The second-order valence-electron chi connectivity index (χ2n) is 5.39. The molecule has 0 unspecified atom stereocenters. The predicted molar refractivity (Wildman–Crippen MR) is 90.7 cm³/mol. The summed E-state index contributed by atoms with van der Waals surface area (Å²) in [5, 5.41) is 0.392. The van der Waals surface area contributed by atoms with Gasteiger partial charge >= 0.3 is 11.9 Å². The Hall–Kier alpha value is -1.55. The van der Waals surface area contributed by atoms with E-state index in [2.05, 4.69) is 6.92 Å². The maximum absolute atomic E-state index is 11.7. The van der Waals surface area contributed by atoms with Gasteiger partial charge in [0.05, 0.1) is 11.6 Å². The van der Waals surface area contributed by atoms with Crippen molar-refractivity contribution in [1.29, 1.82) is 0 Å². The Morgan fingerprint density at radius 1 is 0.957 bits per heavy atom. The molecule has 4 nitrogen and oxygen atoms in total. The molecular formula is C18H25ClO4. The predicted octanol–water partition coefficient (Wildman–Crippen LogP) is 4.93. The lowest BCUT2D eigenvalue weighted by molar-refractivity contribution is -0.144. The lowest BCUT2D eigenvalue weighted by atomic mass is 10.2. The molecule has 1 aromatic carbocycles. The van der Waals surface area contributed by atoms with E-state index in [1.165, 1.54) is 19.3 Å². The molecule has 0 radical (unpaired) electrons. The average molecular weight is 341 g/mol. The monoisotopic (exact) mass is 340 g/mol. The zero-order chi connectivity index (χ0) is 16.9. The maximum atomic E-state index is 11.7. The van der Waals surface area contributed by atoms with Crippen LogP contribution in [0.1, 0.15) is 58.3 Å². The molecule has 0 aliphatic rings. The van der Waals surface area contributed by atoms with Crippen LogP contribution in [0.5, 0.6) is 5.75 Å². The van der Waals surface area contributed by atoms with Crippen LogP contribution < -0.4 is 4.74 Å². The number of rotatable bonds is 11. The largest absolute Gasteiger partial charge is 0.466 e. The highest BCUT2D eigenvalue weighted by atomic mass is 35.5. The molecule has 0 N–H and O–H groups in total. The van der Waals surface area contributed by atoms with E-state index >= 15 is 0 Å². The Balaban J connectivity index is 2.08. The summed E-state index contributed by atoms with van der Waals surface area (Å²) in [6.07, 6.45) is 6.40. The third-order valence-corrected chi connectivity index (χ3v) is 3.65. The summed E-state index contributed by atoms with van der Waals surface area (Å²) < 4.78 is 10.3. The van der Waals surface area contributed by atoms with E-state index in [9.17, 15) is 9.59 Å². The molecule has 0 atom stereocenters. The van der Waals surface area contributed by atoms with Gasteiger partial charge in [-0.2, -0.15) is 0 Å². The van der Waals surface area contributed by atoms with Gasteiger partial charge in [-0.1, -0.05) is 56.3 Å². The molecule has 0 amide bonds. The summed E-state index contributed by atoms with van der Waals surface area (Å²) in [5.74, 6) is -0.315. The molecule has 1 rings (SSSR count). The van der Waals surface area contributed by atoms with Crippen LogP contribution >= 0.6 is 11.6 Å². The molecule has 128 valence electrons. The second-order valence-corrected chi connectivity index (χ2v) is 5.80. The molecule has 0 saturated heterocycles. The van der Waals surface area contributed by atoms with E-state index in [4.69, 9.17) is 21.1 Å². The van der Waals surface area contributed by atoms with E-state index < -0.39 is 5.97 Å². The highest BCUT2D eigenvalue weighted by molar-refractivity contribution is 6.32. The summed E-state index contributed by atoms with van der Waals surface area (Å²) >= 11 is 5.90. The number of esters is 2. The number of unbranched alkanes of at least 4 members (excludes halogenated alkanes) is 4. The SMILES string of the molecule is CCCCCCCOC(=O)CCCC(=O)Oc1ccccc1Cl. The third-order valence-electron chi connectivity index (χ3n) is 3.33. The van der Waals surface area contributed by atoms with Crippen LogP contribution in [0.2, 0.25) is 5.02 Å². The fraction of sp³-hybridized carbons (Fsp3) is 0.556. The van der Waals surface area contributed by atoms with Crippen LogP contribution in [0.15, 0.2) is 24.3 Å². The van der Waals surface area contributed by atoms with E-state index in [0.29, 0.717) is 23.8 Å². The summed E-state index contributed by atoms with van der Waals surface area (Å²) in [6, 6.07) is 6.79. The highest BCUT2D eigenvalue weighted by Gasteiger charge is 2.10. The summed E-state index contributed by atoms with van der Waals surface area (Å²) in [5.41, 5.74) is 0. The Morgan fingerprint density at radius 3 is 2.39 bits per heavy atom. The number of ether oxygens (including phenoxy) is 2. The topological polar surface area (TPSA) is 52.6 Å². The van der Waals surface area contributed by atoms with E-state index in [1.54, 1.807) is 24.3 Å². The maximum Gasteiger partial charge on any atom is 0.311 e. The fourth-order valence-electron chi connectivity index (χ4n) is 2.04. The lowest BCUT2D eigenvalue weighted by Gasteiger charge is -2.06. The van der Waals surface area contributed by atoms with Gasteiger partial charge in [0.2, 0.25) is 0 Å². The standard InChI is InChI=1S/C18H25ClO4/c1-2-3-4-5-8-14-22-17(20)12-9-13-18(21)23-16-11-7-6-10-15(16)19/h6-7,10-11H,2-5,8-9,12-14H2,1H3. The zero-order valence-corrected chi connectivity index (χ0v) is 14.4. The first-order chi connectivity index (χ1) is 11.1. The van der Waals surface area contributed by atoms with Gasteiger partial charge in [0.1, 0.15) is 5.75 Å².